The van der Waals surface area contributed by atoms with Crippen LogP contribution >= 0.6 is 15.9 Å². The van der Waals surface area contributed by atoms with Gasteiger partial charge in [0.25, 0.3) is 0 Å². The summed E-state index contributed by atoms with van der Waals surface area (Å²) in [6, 6.07) is 14.3. The molecule has 0 saturated carbocycles. The molecular formula is C18H22BrNO. The predicted molar refractivity (Wildman–Crippen MR) is 91.9 cm³/mol. The van der Waals surface area contributed by atoms with Gasteiger partial charge in [0.2, 0.25) is 0 Å². The molecule has 3 heteroatoms. The van der Waals surface area contributed by atoms with Crippen LogP contribution < -0.4 is 10.1 Å². The third-order valence-corrected chi connectivity index (χ3v) is 4.06. The van der Waals surface area contributed by atoms with Crippen LogP contribution in [0, 0.1) is 12.8 Å². The van der Waals surface area contributed by atoms with E-state index in [4.69, 9.17) is 4.74 Å². The van der Waals surface area contributed by atoms with Gasteiger partial charge in [0, 0.05) is 11.0 Å². The van der Waals surface area contributed by atoms with E-state index in [1.807, 2.05) is 30.3 Å². The van der Waals surface area contributed by atoms with E-state index in [0.29, 0.717) is 5.92 Å². The van der Waals surface area contributed by atoms with Crippen LogP contribution in [0.5, 0.6) is 11.5 Å². The zero-order valence-electron chi connectivity index (χ0n) is 12.8. The second-order valence-corrected chi connectivity index (χ2v) is 6.54. The summed E-state index contributed by atoms with van der Waals surface area (Å²) in [4.78, 5) is 0. The fraction of sp³-hybridized carbons (Fsp3) is 0.333. The molecule has 0 aliphatic rings. The minimum atomic E-state index is 0.674. The molecule has 0 aliphatic heterocycles. The first kappa shape index (κ1) is 16.1. The molecule has 0 atom stereocenters. The molecule has 21 heavy (non-hydrogen) atoms. The van der Waals surface area contributed by atoms with Crippen molar-refractivity contribution in [1.82, 2.24) is 5.32 Å². The smallest absolute Gasteiger partial charge is 0.127 e. The first-order valence-corrected chi connectivity index (χ1v) is 8.07. The molecule has 0 fully saturated rings. The normalized spacial score (nSPS) is 10.9. The van der Waals surface area contributed by atoms with Crippen molar-refractivity contribution in [3.8, 4) is 11.5 Å². The zero-order chi connectivity index (χ0) is 15.2. The summed E-state index contributed by atoms with van der Waals surface area (Å²) in [6.07, 6.45) is 0. The summed E-state index contributed by atoms with van der Waals surface area (Å²) in [5, 5.41) is 3.44. The van der Waals surface area contributed by atoms with Crippen LogP contribution in [0.2, 0.25) is 0 Å². The van der Waals surface area contributed by atoms with Gasteiger partial charge < -0.3 is 10.1 Å². The highest BCUT2D eigenvalue weighted by atomic mass is 79.9. The van der Waals surface area contributed by atoms with E-state index in [1.165, 1.54) is 11.1 Å². The standard InChI is InChI=1S/C18H22BrNO/c1-13(2)11-20-12-15-4-6-16(7-5-15)21-17-8-9-18(19)14(3)10-17/h4-10,13,20H,11-12H2,1-3H3. The van der Waals surface area contributed by atoms with Gasteiger partial charge in [-0.1, -0.05) is 41.9 Å². The van der Waals surface area contributed by atoms with Crippen LogP contribution in [0.1, 0.15) is 25.0 Å². The number of nitrogens with one attached hydrogen (secondary N) is 1. The summed E-state index contributed by atoms with van der Waals surface area (Å²) >= 11 is 3.50. The minimum Gasteiger partial charge on any atom is -0.457 e. The van der Waals surface area contributed by atoms with Crippen LogP contribution in [0.25, 0.3) is 0 Å². The topological polar surface area (TPSA) is 21.3 Å². The highest BCUT2D eigenvalue weighted by Gasteiger charge is 2.01. The Morgan fingerprint density at radius 1 is 1.05 bits per heavy atom. The van der Waals surface area contributed by atoms with E-state index in [9.17, 15) is 0 Å². The second-order valence-electron chi connectivity index (χ2n) is 5.68. The van der Waals surface area contributed by atoms with Crippen molar-refractivity contribution in [3.63, 3.8) is 0 Å². The molecule has 0 aromatic heterocycles. The van der Waals surface area contributed by atoms with E-state index >= 15 is 0 Å². The van der Waals surface area contributed by atoms with Crippen molar-refractivity contribution in [3.05, 3.63) is 58.1 Å². The maximum absolute atomic E-state index is 5.87. The van der Waals surface area contributed by atoms with E-state index in [0.717, 1.165) is 29.1 Å². The number of hydrogen-bond acceptors (Lipinski definition) is 2. The quantitative estimate of drug-likeness (QED) is 0.765. The van der Waals surface area contributed by atoms with Gasteiger partial charge in [0.1, 0.15) is 11.5 Å². The molecule has 0 amide bonds. The van der Waals surface area contributed by atoms with Crippen molar-refractivity contribution in [2.75, 3.05) is 6.54 Å². The lowest BCUT2D eigenvalue weighted by molar-refractivity contribution is 0.481. The molecule has 0 unspecified atom stereocenters. The van der Waals surface area contributed by atoms with Crippen molar-refractivity contribution < 1.29 is 4.74 Å². The Labute approximate surface area is 135 Å². The summed E-state index contributed by atoms with van der Waals surface area (Å²) < 4.78 is 6.97. The lowest BCUT2D eigenvalue weighted by Gasteiger charge is -2.10. The molecule has 112 valence electrons. The predicted octanol–water partition coefficient (Wildman–Crippen LogP) is 5.30. The summed E-state index contributed by atoms with van der Waals surface area (Å²) in [6.45, 7) is 8.42. The van der Waals surface area contributed by atoms with Crippen molar-refractivity contribution in [2.24, 2.45) is 5.92 Å². The maximum Gasteiger partial charge on any atom is 0.127 e. The van der Waals surface area contributed by atoms with Gasteiger partial charge in [-0.3, -0.25) is 0 Å². The molecule has 1 N–H and O–H groups in total. The van der Waals surface area contributed by atoms with Crippen LogP contribution in [0.3, 0.4) is 0 Å². The van der Waals surface area contributed by atoms with Gasteiger partial charge in [-0.25, -0.2) is 0 Å². The Bertz CT molecular complexity index is 578. The summed E-state index contributed by atoms with van der Waals surface area (Å²) in [5.74, 6) is 2.40. The van der Waals surface area contributed by atoms with Gasteiger partial charge >= 0.3 is 0 Å². The lowest BCUT2D eigenvalue weighted by Crippen LogP contribution is -2.18. The molecule has 2 rings (SSSR count). The highest BCUT2D eigenvalue weighted by Crippen LogP contribution is 2.26. The fourth-order valence-electron chi connectivity index (χ4n) is 2.00. The average molecular weight is 348 g/mol. The monoisotopic (exact) mass is 347 g/mol. The van der Waals surface area contributed by atoms with Crippen LogP contribution in [0.15, 0.2) is 46.9 Å². The van der Waals surface area contributed by atoms with Crippen molar-refractivity contribution >= 4 is 15.9 Å². The first-order chi connectivity index (χ1) is 10.0. The van der Waals surface area contributed by atoms with Crippen LogP contribution in [0.4, 0.5) is 0 Å². The molecule has 0 spiro atoms. The van der Waals surface area contributed by atoms with Gasteiger partial charge in [-0.2, -0.15) is 0 Å². The molecule has 2 aromatic rings. The fourth-order valence-corrected chi connectivity index (χ4v) is 2.24. The number of hydrogen-bond donors (Lipinski definition) is 1. The minimum absolute atomic E-state index is 0.674. The SMILES string of the molecule is Cc1cc(Oc2ccc(CNCC(C)C)cc2)ccc1Br. The molecule has 0 radical (unpaired) electrons. The Kier molecular flexibility index (Phi) is 5.83. The van der Waals surface area contributed by atoms with Crippen LogP contribution in [-0.2, 0) is 6.54 Å². The van der Waals surface area contributed by atoms with Gasteiger partial charge in [0.05, 0.1) is 0 Å². The van der Waals surface area contributed by atoms with Gasteiger partial charge in [-0.15, -0.1) is 0 Å². The largest absolute Gasteiger partial charge is 0.457 e. The van der Waals surface area contributed by atoms with E-state index in [1.54, 1.807) is 0 Å². The molecule has 2 aromatic carbocycles. The maximum atomic E-state index is 5.87. The Morgan fingerprint density at radius 2 is 1.71 bits per heavy atom. The van der Waals surface area contributed by atoms with E-state index in [-0.39, 0.29) is 0 Å². The number of ether oxygens (including phenoxy) is 1. The van der Waals surface area contributed by atoms with Gasteiger partial charge in [0.15, 0.2) is 0 Å². The first-order valence-electron chi connectivity index (χ1n) is 7.28. The highest BCUT2D eigenvalue weighted by molar-refractivity contribution is 9.10. The Balaban J connectivity index is 1.94. The molecule has 2 nitrogen and oxygen atoms in total. The van der Waals surface area contributed by atoms with Crippen LogP contribution in [-0.4, -0.2) is 6.54 Å². The summed E-state index contributed by atoms with van der Waals surface area (Å²) in [5.41, 5.74) is 2.44. The lowest BCUT2D eigenvalue weighted by atomic mass is 10.2. The van der Waals surface area contributed by atoms with Gasteiger partial charge in [-0.05, 0) is 60.8 Å². The Hall–Kier alpha value is -1.32. The van der Waals surface area contributed by atoms with E-state index in [2.05, 4.69) is 54.2 Å². The molecule has 0 bridgehead atoms. The average Bonchev–Trinajstić information content (AvgIpc) is 2.44. The number of benzene rings is 2. The number of halogens is 1. The number of aryl methyl sites for hydroxylation is 1. The number of rotatable bonds is 6. The third kappa shape index (κ3) is 5.18. The molecule has 0 saturated heterocycles. The zero-order valence-corrected chi connectivity index (χ0v) is 14.4. The summed E-state index contributed by atoms with van der Waals surface area (Å²) in [7, 11) is 0. The van der Waals surface area contributed by atoms with Crippen molar-refractivity contribution in [1.29, 1.82) is 0 Å². The van der Waals surface area contributed by atoms with E-state index < -0.39 is 0 Å². The Morgan fingerprint density at radius 3 is 2.33 bits per heavy atom. The molecular weight excluding hydrogens is 326 g/mol. The second kappa shape index (κ2) is 7.62. The van der Waals surface area contributed by atoms with Crippen molar-refractivity contribution in [2.45, 2.75) is 27.3 Å². The molecule has 0 aliphatic carbocycles. The third-order valence-electron chi connectivity index (χ3n) is 3.17. The molecule has 0 heterocycles.